The van der Waals surface area contributed by atoms with Crippen LogP contribution in [0.25, 0.3) is 0 Å². The summed E-state index contributed by atoms with van der Waals surface area (Å²) in [5, 5.41) is 20.2. The molecular weight excluding hydrogens is 322 g/mol. The van der Waals surface area contributed by atoms with Gasteiger partial charge in [0.05, 0.1) is 20.3 Å². The summed E-state index contributed by atoms with van der Waals surface area (Å²) >= 11 is 0. The first-order chi connectivity index (χ1) is 8.84. The molecule has 11 heteroatoms. The van der Waals surface area contributed by atoms with Gasteiger partial charge in [0.25, 0.3) is 0 Å². The number of aryl methyl sites for hydroxylation is 2. The monoisotopic (exact) mass is 332 g/mol. The number of hydrogen-bond donors (Lipinski definition) is 0. The largest absolute Gasteiger partial charge is 2.00 e. The number of imidazole rings is 2. The maximum atomic E-state index is 10.2. The van der Waals surface area contributed by atoms with Crippen molar-refractivity contribution in [3.8, 4) is 0 Å². The average Bonchev–Trinajstić information content (AvgIpc) is 2.86. The minimum Gasteiger partial charge on any atom is -0.390 e. The van der Waals surface area contributed by atoms with E-state index in [0.717, 1.165) is 0 Å². The fourth-order valence-electron chi connectivity index (χ4n) is 1.28. The van der Waals surface area contributed by atoms with Gasteiger partial charge < -0.3 is 20.2 Å². The van der Waals surface area contributed by atoms with E-state index in [0.29, 0.717) is 0 Å². The molecule has 20 heavy (non-hydrogen) atoms. The van der Waals surface area contributed by atoms with E-state index in [2.05, 4.69) is 12.0 Å². The molecule has 0 atom stereocenters. The SMILES string of the molecule is C[n+]1cc[n-]c1[N+](=O)[O-].[CH2-][n+]1ccn(C)c1[N+](=O)[O-].[Zn+2]. The first-order valence-electron chi connectivity index (χ1n) is 4.98. The number of rotatable bonds is 2. The zero-order valence-corrected chi connectivity index (χ0v) is 14.0. The van der Waals surface area contributed by atoms with Crippen LogP contribution in [-0.2, 0) is 33.6 Å². The summed E-state index contributed by atoms with van der Waals surface area (Å²) in [4.78, 5) is 22.7. The molecule has 0 N–H and O–H groups in total. The average molecular weight is 334 g/mol. The van der Waals surface area contributed by atoms with Gasteiger partial charge in [0.15, 0.2) is 0 Å². The molecule has 2 aromatic heterocycles. The van der Waals surface area contributed by atoms with Crippen LogP contribution in [-0.4, -0.2) is 14.4 Å². The van der Waals surface area contributed by atoms with Crippen LogP contribution in [0.2, 0.25) is 0 Å². The van der Waals surface area contributed by atoms with Crippen LogP contribution in [0.4, 0.5) is 11.9 Å². The molecule has 0 fully saturated rings. The second kappa shape index (κ2) is 7.34. The Bertz CT molecular complexity index is 588. The minimum absolute atomic E-state index is 0. The fraction of sp³-hybridized carbons (Fsp3) is 0.222. The van der Waals surface area contributed by atoms with Crippen molar-refractivity contribution in [1.29, 1.82) is 0 Å². The summed E-state index contributed by atoms with van der Waals surface area (Å²) in [5.74, 6) is -0.157. The van der Waals surface area contributed by atoms with Gasteiger partial charge in [-0.25, -0.2) is 9.13 Å². The second-order valence-electron chi connectivity index (χ2n) is 3.53. The Labute approximate surface area is 126 Å². The molecule has 2 aromatic rings. The molecule has 0 aromatic carbocycles. The van der Waals surface area contributed by atoms with E-state index in [1.165, 1.54) is 32.3 Å². The summed E-state index contributed by atoms with van der Waals surface area (Å²) in [6, 6.07) is 0. The molecule has 0 aliphatic carbocycles. The molecule has 0 saturated heterocycles. The van der Waals surface area contributed by atoms with E-state index in [1.807, 2.05) is 0 Å². The first kappa shape index (κ1) is 17.7. The van der Waals surface area contributed by atoms with Gasteiger partial charge in [0.2, 0.25) is 0 Å². The second-order valence-corrected chi connectivity index (χ2v) is 3.53. The third-order valence-corrected chi connectivity index (χ3v) is 2.16. The molecule has 0 spiro atoms. The van der Waals surface area contributed by atoms with Crippen molar-refractivity contribution in [2.45, 2.75) is 0 Å². The molecule has 0 amide bonds. The molecular formula is C9H12N6O4Zn+2. The summed E-state index contributed by atoms with van der Waals surface area (Å²) in [6.45, 7) is 0. The van der Waals surface area contributed by atoms with E-state index in [9.17, 15) is 20.2 Å². The Kier molecular flexibility index (Phi) is 6.50. The van der Waals surface area contributed by atoms with E-state index >= 15 is 0 Å². The number of nitrogens with zero attached hydrogens (tertiary/aromatic N) is 6. The van der Waals surface area contributed by atoms with Crippen LogP contribution in [0.5, 0.6) is 0 Å². The van der Waals surface area contributed by atoms with Crippen LogP contribution in [0.1, 0.15) is 0 Å². The van der Waals surface area contributed by atoms with Crippen LogP contribution in [0, 0.1) is 27.3 Å². The van der Waals surface area contributed by atoms with Crippen molar-refractivity contribution < 1.29 is 38.5 Å². The Morgan fingerprint density at radius 3 is 2.10 bits per heavy atom. The fourth-order valence-corrected chi connectivity index (χ4v) is 1.28. The molecule has 0 aliphatic rings. The van der Waals surface area contributed by atoms with Crippen molar-refractivity contribution in [1.82, 2.24) is 9.55 Å². The van der Waals surface area contributed by atoms with Crippen molar-refractivity contribution in [3.63, 3.8) is 0 Å². The maximum absolute atomic E-state index is 10.2. The molecule has 0 aliphatic heterocycles. The zero-order valence-electron chi connectivity index (χ0n) is 11.0. The van der Waals surface area contributed by atoms with Crippen molar-refractivity contribution >= 4 is 11.9 Å². The van der Waals surface area contributed by atoms with Gasteiger partial charge >= 0.3 is 31.4 Å². The van der Waals surface area contributed by atoms with E-state index in [4.69, 9.17) is 0 Å². The smallest absolute Gasteiger partial charge is 0.390 e. The van der Waals surface area contributed by atoms with Crippen LogP contribution in [0.15, 0.2) is 24.8 Å². The van der Waals surface area contributed by atoms with Crippen LogP contribution < -0.4 is 14.1 Å². The Hall–Kier alpha value is -2.29. The topological polar surface area (TPSA) is 113 Å². The van der Waals surface area contributed by atoms with E-state index in [1.54, 1.807) is 20.3 Å². The standard InChI is InChI=1S/C5H7N3O2.C4H5N3O2.Zn/c1-6-3-4-7(2)5(6)8(9)10;1-6-3-2-5-4(6)7(8)9;/h3-4H,1H2,2H3;2-3H,1H3;/q;;+2. The summed E-state index contributed by atoms with van der Waals surface area (Å²) in [6.07, 6.45) is 6.01. The third kappa shape index (κ3) is 4.13. The molecule has 0 bridgehead atoms. The Morgan fingerprint density at radius 2 is 1.90 bits per heavy atom. The molecule has 102 valence electrons. The van der Waals surface area contributed by atoms with Gasteiger partial charge in [-0.2, -0.15) is 0 Å². The number of hydrogen-bond acceptors (Lipinski definition) is 4. The maximum Gasteiger partial charge on any atom is 2.00 e. The van der Waals surface area contributed by atoms with Gasteiger partial charge in [-0.05, 0) is 12.0 Å². The van der Waals surface area contributed by atoms with E-state index < -0.39 is 9.85 Å². The first-order valence-corrected chi connectivity index (χ1v) is 4.98. The molecule has 2 heterocycles. The predicted octanol–water partition coefficient (Wildman–Crippen LogP) is -0.766. The number of aromatic nitrogens is 4. The van der Waals surface area contributed by atoms with Crippen LogP contribution in [0.3, 0.4) is 0 Å². The van der Waals surface area contributed by atoms with E-state index in [-0.39, 0.29) is 31.4 Å². The molecule has 10 nitrogen and oxygen atoms in total. The molecule has 0 saturated carbocycles. The predicted molar refractivity (Wildman–Crippen MR) is 60.6 cm³/mol. The Balaban J connectivity index is 0.000000345. The zero-order chi connectivity index (χ0) is 14.6. The minimum atomic E-state index is -0.528. The molecule has 0 unspecified atom stereocenters. The van der Waals surface area contributed by atoms with Crippen LogP contribution >= 0.6 is 0 Å². The van der Waals surface area contributed by atoms with Gasteiger partial charge in [-0.3, -0.25) is 4.57 Å². The quantitative estimate of drug-likeness (QED) is 0.235. The van der Waals surface area contributed by atoms with Gasteiger partial charge in [-0.15, -0.1) is 0 Å². The van der Waals surface area contributed by atoms with Gasteiger partial charge in [0.1, 0.15) is 18.6 Å². The molecule has 2 rings (SSSR count). The van der Waals surface area contributed by atoms with Crippen molar-refractivity contribution in [2.24, 2.45) is 14.1 Å². The summed E-state index contributed by atoms with van der Waals surface area (Å²) in [7, 11) is 6.59. The van der Waals surface area contributed by atoms with Crippen molar-refractivity contribution in [3.05, 3.63) is 52.1 Å². The number of nitro groups is 2. The molecule has 0 radical (unpaired) electrons. The third-order valence-electron chi connectivity index (χ3n) is 2.16. The van der Waals surface area contributed by atoms with Gasteiger partial charge in [-0.1, -0.05) is 4.98 Å². The summed E-state index contributed by atoms with van der Waals surface area (Å²) < 4.78 is 3.95. The Morgan fingerprint density at radius 1 is 1.30 bits per heavy atom. The summed E-state index contributed by atoms with van der Waals surface area (Å²) in [5.41, 5.74) is 0. The van der Waals surface area contributed by atoms with Gasteiger partial charge in [0, 0.05) is 4.92 Å². The normalized spacial score (nSPS) is 9.10. The van der Waals surface area contributed by atoms with Crippen molar-refractivity contribution in [2.75, 3.05) is 0 Å².